The Kier molecular flexibility index (Phi) is 2.06. The first kappa shape index (κ1) is 9.24. The summed E-state index contributed by atoms with van der Waals surface area (Å²) < 4.78 is 0. The zero-order chi connectivity index (χ0) is 10.3. The number of phenolic OH excluding ortho intramolecular Hbond substituents is 1. The lowest BCUT2D eigenvalue weighted by Gasteiger charge is -2.22. The number of aryl methyl sites for hydroxylation is 1. The van der Waals surface area contributed by atoms with E-state index in [0.717, 1.165) is 11.1 Å². The van der Waals surface area contributed by atoms with Crippen molar-refractivity contribution >= 4 is 6.08 Å². The van der Waals surface area contributed by atoms with E-state index >= 15 is 0 Å². The summed E-state index contributed by atoms with van der Waals surface area (Å²) in [5, 5.41) is 28.5. The first-order valence-electron chi connectivity index (χ1n) is 4.47. The summed E-state index contributed by atoms with van der Waals surface area (Å²) in [6.07, 6.45) is 1.47. The van der Waals surface area contributed by atoms with E-state index in [9.17, 15) is 15.3 Å². The number of aromatic hydroxyl groups is 1. The molecular weight excluding hydrogens is 180 g/mol. The molecule has 0 heterocycles. The molecule has 0 amide bonds. The van der Waals surface area contributed by atoms with Crippen molar-refractivity contribution in [2.24, 2.45) is 0 Å². The highest BCUT2D eigenvalue weighted by atomic mass is 16.3. The maximum atomic E-state index is 9.63. The Hall–Kier alpha value is -1.32. The van der Waals surface area contributed by atoms with Gasteiger partial charge in [0.2, 0.25) is 0 Å². The quantitative estimate of drug-likeness (QED) is 0.577. The molecule has 1 aromatic rings. The molecule has 2 rings (SSSR count). The van der Waals surface area contributed by atoms with E-state index in [2.05, 4.69) is 0 Å². The molecule has 3 nitrogen and oxygen atoms in total. The van der Waals surface area contributed by atoms with Crippen LogP contribution in [0.4, 0.5) is 0 Å². The molecule has 14 heavy (non-hydrogen) atoms. The lowest BCUT2D eigenvalue weighted by Crippen LogP contribution is -2.19. The molecule has 2 unspecified atom stereocenters. The SMILES string of the molecule is Cc1cc2c(cc1O)C(O)C(O)C=C2. The Morgan fingerprint density at radius 2 is 1.93 bits per heavy atom. The van der Waals surface area contributed by atoms with Gasteiger partial charge in [-0.15, -0.1) is 0 Å². The fourth-order valence-electron chi connectivity index (χ4n) is 1.63. The largest absolute Gasteiger partial charge is 0.508 e. The van der Waals surface area contributed by atoms with Crippen LogP contribution in [0.3, 0.4) is 0 Å². The van der Waals surface area contributed by atoms with Crippen molar-refractivity contribution in [3.8, 4) is 5.75 Å². The highest BCUT2D eigenvalue weighted by Gasteiger charge is 2.22. The zero-order valence-electron chi connectivity index (χ0n) is 7.81. The summed E-state index contributed by atoms with van der Waals surface area (Å²) in [6.45, 7) is 1.79. The Bertz CT molecular complexity index is 396. The molecule has 1 aliphatic rings. The van der Waals surface area contributed by atoms with Crippen molar-refractivity contribution in [3.63, 3.8) is 0 Å². The number of fused-ring (bicyclic) bond motifs is 1. The van der Waals surface area contributed by atoms with Gasteiger partial charge in [0.1, 0.15) is 18.0 Å². The van der Waals surface area contributed by atoms with E-state index in [4.69, 9.17) is 0 Å². The summed E-state index contributed by atoms with van der Waals surface area (Å²) >= 11 is 0. The molecule has 0 aromatic heterocycles. The maximum absolute atomic E-state index is 9.63. The smallest absolute Gasteiger partial charge is 0.118 e. The summed E-state index contributed by atoms with van der Waals surface area (Å²) in [5.74, 6) is 0.144. The minimum atomic E-state index is -0.943. The van der Waals surface area contributed by atoms with E-state index in [0.29, 0.717) is 5.56 Å². The van der Waals surface area contributed by atoms with Gasteiger partial charge < -0.3 is 15.3 Å². The third-order valence-electron chi connectivity index (χ3n) is 2.52. The van der Waals surface area contributed by atoms with E-state index < -0.39 is 12.2 Å². The van der Waals surface area contributed by atoms with Crippen LogP contribution in [-0.2, 0) is 0 Å². The highest BCUT2D eigenvalue weighted by molar-refractivity contribution is 5.61. The molecule has 3 N–H and O–H groups in total. The number of benzene rings is 1. The van der Waals surface area contributed by atoms with Crippen LogP contribution in [0.1, 0.15) is 22.8 Å². The van der Waals surface area contributed by atoms with E-state index in [1.165, 1.54) is 6.07 Å². The molecule has 74 valence electrons. The molecule has 1 aliphatic carbocycles. The minimum Gasteiger partial charge on any atom is -0.508 e. The summed E-state index contributed by atoms with van der Waals surface area (Å²) in [5.41, 5.74) is 2.18. The van der Waals surface area contributed by atoms with E-state index in [1.807, 2.05) is 0 Å². The third kappa shape index (κ3) is 1.31. The van der Waals surface area contributed by atoms with E-state index in [-0.39, 0.29) is 5.75 Å². The molecule has 1 aromatic carbocycles. The van der Waals surface area contributed by atoms with Crippen LogP contribution in [0.25, 0.3) is 6.08 Å². The van der Waals surface area contributed by atoms with Crippen LogP contribution in [0.5, 0.6) is 5.75 Å². The molecule has 0 saturated heterocycles. The average molecular weight is 192 g/mol. The number of rotatable bonds is 0. The molecule has 3 heteroatoms. The lowest BCUT2D eigenvalue weighted by atomic mass is 9.91. The number of phenols is 1. The van der Waals surface area contributed by atoms with Crippen LogP contribution >= 0.6 is 0 Å². The molecule has 0 spiro atoms. The van der Waals surface area contributed by atoms with Crippen molar-refractivity contribution in [3.05, 3.63) is 34.9 Å². The second kappa shape index (κ2) is 3.12. The molecule has 2 atom stereocenters. The predicted octanol–water partition coefficient (Wildman–Crippen LogP) is 1.12. The Morgan fingerprint density at radius 1 is 1.21 bits per heavy atom. The van der Waals surface area contributed by atoms with Gasteiger partial charge in [0, 0.05) is 0 Å². The second-order valence-electron chi connectivity index (χ2n) is 3.56. The van der Waals surface area contributed by atoms with Gasteiger partial charge in [-0.1, -0.05) is 12.2 Å². The summed E-state index contributed by atoms with van der Waals surface area (Å²) in [4.78, 5) is 0. The second-order valence-corrected chi connectivity index (χ2v) is 3.56. The Labute approximate surface area is 81.9 Å². The van der Waals surface area contributed by atoms with Gasteiger partial charge >= 0.3 is 0 Å². The molecule has 0 radical (unpaired) electrons. The van der Waals surface area contributed by atoms with Gasteiger partial charge in [-0.3, -0.25) is 0 Å². The standard InChI is InChI=1S/C11H12O3/c1-6-4-7-2-3-9(12)11(14)8(7)5-10(6)13/h2-5,9,11-14H,1H3. The first-order chi connectivity index (χ1) is 6.59. The minimum absolute atomic E-state index is 0.144. The van der Waals surface area contributed by atoms with Gasteiger partial charge in [-0.25, -0.2) is 0 Å². The number of hydrogen-bond donors (Lipinski definition) is 3. The fraction of sp³-hybridized carbons (Fsp3) is 0.273. The molecule has 0 bridgehead atoms. The molecule has 0 saturated carbocycles. The Morgan fingerprint density at radius 3 is 2.64 bits per heavy atom. The van der Waals surface area contributed by atoms with Gasteiger partial charge in [0.05, 0.1) is 0 Å². The van der Waals surface area contributed by atoms with Crippen LogP contribution in [0, 0.1) is 6.92 Å². The van der Waals surface area contributed by atoms with Gasteiger partial charge in [0.25, 0.3) is 0 Å². The summed E-state index contributed by atoms with van der Waals surface area (Å²) in [6, 6.07) is 3.29. The van der Waals surface area contributed by atoms with Crippen molar-refractivity contribution in [1.82, 2.24) is 0 Å². The molecule has 0 fully saturated rings. The number of hydrogen-bond acceptors (Lipinski definition) is 3. The predicted molar refractivity (Wildman–Crippen MR) is 52.8 cm³/mol. The van der Waals surface area contributed by atoms with Crippen molar-refractivity contribution in [2.75, 3.05) is 0 Å². The normalized spacial score (nSPS) is 24.8. The first-order valence-corrected chi connectivity index (χ1v) is 4.47. The summed E-state index contributed by atoms with van der Waals surface area (Å²) in [7, 11) is 0. The van der Waals surface area contributed by atoms with Crippen molar-refractivity contribution in [2.45, 2.75) is 19.1 Å². The molecular formula is C11H12O3. The highest BCUT2D eigenvalue weighted by Crippen LogP contribution is 2.32. The third-order valence-corrected chi connectivity index (χ3v) is 2.52. The van der Waals surface area contributed by atoms with Gasteiger partial charge in [-0.2, -0.15) is 0 Å². The van der Waals surface area contributed by atoms with Crippen molar-refractivity contribution < 1.29 is 15.3 Å². The Balaban J connectivity index is 2.58. The monoisotopic (exact) mass is 192 g/mol. The fourth-order valence-corrected chi connectivity index (χ4v) is 1.63. The maximum Gasteiger partial charge on any atom is 0.118 e. The van der Waals surface area contributed by atoms with Crippen LogP contribution in [0.15, 0.2) is 18.2 Å². The van der Waals surface area contributed by atoms with Crippen LogP contribution in [0.2, 0.25) is 0 Å². The van der Waals surface area contributed by atoms with Gasteiger partial charge in [0.15, 0.2) is 0 Å². The number of aliphatic hydroxyl groups is 2. The molecule has 0 aliphatic heterocycles. The van der Waals surface area contributed by atoms with Gasteiger partial charge in [-0.05, 0) is 35.7 Å². The number of aliphatic hydroxyl groups excluding tert-OH is 2. The zero-order valence-corrected chi connectivity index (χ0v) is 7.81. The lowest BCUT2D eigenvalue weighted by molar-refractivity contribution is 0.0468. The van der Waals surface area contributed by atoms with Crippen LogP contribution in [-0.4, -0.2) is 21.4 Å². The van der Waals surface area contributed by atoms with E-state index in [1.54, 1.807) is 25.1 Å². The topological polar surface area (TPSA) is 60.7 Å². The average Bonchev–Trinajstić information content (AvgIpc) is 2.15. The van der Waals surface area contributed by atoms with Crippen LogP contribution < -0.4 is 0 Å². The van der Waals surface area contributed by atoms with Crippen molar-refractivity contribution in [1.29, 1.82) is 0 Å².